The molecule has 0 saturated carbocycles. The molecular formula is C17H19N5O2. The number of carbonyl (C=O) groups excluding carboxylic acids is 1. The number of aromatic nitrogens is 3. The van der Waals surface area contributed by atoms with Gasteiger partial charge >= 0.3 is 0 Å². The molecule has 1 N–H and O–H groups in total. The van der Waals surface area contributed by atoms with Crippen molar-refractivity contribution in [2.45, 2.75) is 26.4 Å². The van der Waals surface area contributed by atoms with Gasteiger partial charge in [-0.05, 0) is 30.4 Å². The summed E-state index contributed by atoms with van der Waals surface area (Å²) in [6.45, 7) is 4.81. The van der Waals surface area contributed by atoms with Crippen LogP contribution < -0.4 is 5.32 Å². The van der Waals surface area contributed by atoms with Crippen LogP contribution in [-0.4, -0.2) is 33.4 Å². The normalized spacial score (nSPS) is 20.1. The summed E-state index contributed by atoms with van der Waals surface area (Å²) < 4.78 is 7.07. The zero-order valence-corrected chi connectivity index (χ0v) is 13.6. The Morgan fingerprint density at radius 2 is 2.38 bits per heavy atom. The van der Waals surface area contributed by atoms with Crippen molar-refractivity contribution in [1.82, 2.24) is 14.8 Å². The number of pyridine rings is 1. The first-order valence-electron chi connectivity index (χ1n) is 7.92. The minimum Gasteiger partial charge on any atom is -0.368 e. The van der Waals surface area contributed by atoms with Gasteiger partial charge in [0.05, 0.1) is 23.6 Å². The first-order valence-corrected chi connectivity index (χ1v) is 7.92. The maximum Gasteiger partial charge on any atom is 0.253 e. The standard InChI is InChI=1S/C17H19N5O2/c1-11(2)14-5-7-24-15(14)17(23)21-13-9-20-22(10-13)16-12(8-18)4-3-6-19-16/h3-4,6,9-11,14-15H,5,7H2,1-2H3,(H,21,23)/t14-,15-/m1/s1. The highest BCUT2D eigenvalue weighted by atomic mass is 16.5. The van der Waals surface area contributed by atoms with Gasteiger partial charge in [0.1, 0.15) is 12.2 Å². The lowest BCUT2D eigenvalue weighted by molar-refractivity contribution is -0.126. The maximum absolute atomic E-state index is 12.5. The Morgan fingerprint density at radius 1 is 1.54 bits per heavy atom. The number of nitrogens with one attached hydrogen (secondary N) is 1. The number of hydrogen-bond acceptors (Lipinski definition) is 5. The van der Waals surface area contributed by atoms with Crippen LogP contribution in [0.25, 0.3) is 5.82 Å². The summed E-state index contributed by atoms with van der Waals surface area (Å²) in [5, 5.41) is 16.2. The molecule has 0 unspecified atom stereocenters. The Balaban J connectivity index is 1.75. The molecule has 2 aromatic rings. The number of nitriles is 1. The zero-order chi connectivity index (χ0) is 17.1. The third-order valence-corrected chi connectivity index (χ3v) is 4.23. The van der Waals surface area contributed by atoms with E-state index < -0.39 is 6.10 Å². The van der Waals surface area contributed by atoms with E-state index in [1.54, 1.807) is 24.5 Å². The molecule has 1 fully saturated rings. The highest BCUT2D eigenvalue weighted by Crippen LogP contribution is 2.28. The van der Waals surface area contributed by atoms with Crippen LogP contribution in [0.2, 0.25) is 0 Å². The second kappa shape index (κ2) is 6.81. The van der Waals surface area contributed by atoms with Gasteiger partial charge in [-0.15, -0.1) is 0 Å². The minimum atomic E-state index is -0.433. The number of nitrogens with zero attached hydrogens (tertiary/aromatic N) is 4. The number of amides is 1. The number of rotatable bonds is 4. The lowest BCUT2D eigenvalue weighted by Gasteiger charge is -2.20. The molecule has 3 heterocycles. The highest BCUT2D eigenvalue weighted by Gasteiger charge is 2.36. The Kier molecular flexibility index (Phi) is 4.58. The molecule has 0 aromatic carbocycles. The summed E-state index contributed by atoms with van der Waals surface area (Å²) in [4.78, 5) is 16.6. The van der Waals surface area contributed by atoms with E-state index in [0.717, 1.165) is 6.42 Å². The van der Waals surface area contributed by atoms with Gasteiger partial charge in [-0.3, -0.25) is 4.79 Å². The first-order chi connectivity index (χ1) is 11.6. The van der Waals surface area contributed by atoms with Gasteiger partial charge < -0.3 is 10.1 Å². The predicted octanol–water partition coefficient (Wildman–Crippen LogP) is 2.14. The van der Waals surface area contributed by atoms with Crippen molar-refractivity contribution in [2.75, 3.05) is 11.9 Å². The van der Waals surface area contributed by atoms with Crippen LogP contribution in [0.1, 0.15) is 25.8 Å². The van der Waals surface area contributed by atoms with Crippen molar-refractivity contribution in [2.24, 2.45) is 11.8 Å². The molecule has 0 bridgehead atoms. The second-order valence-electron chi connectivity index (χ2n) is 6.14. The van der Waals surface area contributed by atoms with Crippen molar-refractivity contribution in [3.63, 3.8) is 0 Å². The fraction of sp³-hybridized carbons (Fsp3) is 0.412. The summed E-state index contributed by atoms with van der Waals surface area (Å²) in [6.07, 6.45) is 5.23. The molecule has 2 aromatic heterocycles. The molecule has 7 nitrogen and oxygen atoms in total. The SMILES string of the molecule is CC(C)[C@H]1CCO[C@H]1C(=O)Nc1cnn(-c2ncccc2C#N)c1. The molecule has 0 radical (unpaired) electrons. The van der Waals surface area contributed by atoms with E-state index in [0.29, 0.717) is 29.6 Å². The van der Waals surface area contributed by atoms with Gasteiger partial charge in [0, 0.05) is 12.8 Å². The van der Waals surface area contributed by atoms with Gasteiger partial charge in [0.15, 0.2) is 5.82 Å². The average molecular weight is 325 g/mol. The monoisotopic (exact) mass is 325 g/mol. The smallest absolute Gasteiger partial charge is 0.253 e. The van der Waals surface area contributed by atoms with E-state index in [1.165, 1.54) is 10.9 Å². The molecule has 1 amide bonds. The highest BCUT2D eigenvalue weighted by molar-refractivity contribution is 5.94. The van der Waals surface area contributed by atoms with Crippen LogP contribution in [0.4, 0.5) is 5.69 Å². The predicted molar refractivity (Wildman–Crippen MR) is 87.4 cm³/mol. The first kappa shape index (κ1) is 16.1. The lowest BCUT2D eigenvalue weighted by Crippen LogP contribution is -2.34. The van der Waals surface area contributed by atoms with E-state index in [2.05, 4.69) is 35.3 Å². The van der Waals surface area contributed by atoms with Crippen molar-refractivity contribution in [3.05, 3.63) is 36.3 Å². The molecule has 24 heavy (non-hydrogen) atoms. The quantitative estimate of drug-likeness (QED) is 0.929. The minimum absolute atomic E-state index is 0.160. The fourth-order valence-electron chi connectivity index (χ4n) is 2.94. The number of hydrogen-bond donors (Lipinski definition) is 1. The Morgan fingerprint density at radius 3 is 3.12 bits per heavy atom. The van der Waals surface area contributed by atoms with Crippen LogP contribution in [0.15, 0.2) is 30.7 Å². The molecule has 7 heteroatoms. The summed E-state index contributed by atoms with van der Waals surface area (Å²) >= 11 is 0. The number of anilines is 1. The van der Waals surface area contributed by atoms with Crippen LogP contribution in [0.5, 0.6) is 0 Å². The van der Waals surface area contributed by atoms with Gasteiger partial charge in [0.2, 0.25) is 0 Å². The summed E-state index contributed by atoms with van der Waals surface area (Å²) in [7, 11) is 0. The van der Waals surface area contributed by atoms with E-state index >= 15 is 0 Å². The number of ether oxygens (including phenoxy) is 1. The third-order valence-electron chi connectivity index (χ3n) is 4.23. The van der Waals surface area contributed by atoms with Crippen molar-refractivity contribution in [1.29, 1.82) is 5.26 Å². The van der Waals surface area contributed by atoms with Gasteiger partial charge in [-0.1, -0.05) is 13.8 Å². The summed E-state index contributed by atoms with van der Waals surface area (Å²) in [5.74, 6) is 0.878. The van der Waals surface area contributed by atoms with E-state index in [9.17, 15) is 4.79 Å². The fourth-order valence-corrected chi connectivity index (χ4v) is 2.94. The Hall–Kier alpha value is -2.72. The molecule has 0 spiro atoms. The topological polar surface area (TPSA) is 92.8 Å². The Bertz CT molecular complexity index is 777. The van der Waals surface area contributed by atoms with Crippen LogP contribution in [0.3, 0.4) is 0 Å². The lowest BCUT2D eigenvalue weighted by atomic mass is 9.89. The molecule has 1 aliphatic rings. The largest absolute Gasteiger partial charge is 0.368 e. The number of carbonyl (C=O) groups is 1. The summed E-state index contributed by atoms with van der Waals surface area (Å²) in [6, 6.07) is 5.44. The average Bonchev–Trinajstić information content (AvgIpc) is 3.24. The van der Waals surface area contributed by atoms with Crippen LogP contribution >= 0.6 is 0 Å². The van der Waals surface area contributed by atoms with Crippen molar-refractivity contribution >= 4 is 11.6 Å². The van der Waals surface area contributed by atoms with E-state index in [-0.39, 0.29) is 11.8 Å². The van der Waals surface area contributed by atoms with Crippen molar-refractivity contribution < 1.29 is 9.53 Å². The molecule has 3 rings (SSSR count). The van der Waals surface area contributed by atoms with E-state index in [1.807, 2.05) is 0 Å². The Labute approximate surface area is 140 Å². The third kappa shape index (κ3) is 3.14. The summed E-state index contributed by atoms with van der Waals surface area (Å²) in [5.41, 5.74) is 0.963. The molecule has 2 atom stereocenters. The van der Waals surface area contributed by atoms with Gasteiger partial charge in [0.25, 0.3) is 5.91 Å². The molecular weight excluding hydrogens is 306 g/mol. The molecule has 1 saturated heterocycles. The van der Waals surface area contributed by atoms with Crippen molar-refractivity contribution in [3.8, 4) is 11.9 Å². The van der Waals surface area contributed by atoms with E-state index in [4.69, 9.17) is 10.00 Å². The van der Waals surface area contributed by atoms with Gasteiger partial charge in [-0.2, -0.15) is 10.4 Å². The second-order valence-corrected chi connectivity index (χ2v) is 6.14. The van der Waals surface area contributed by atoms with Crippen LogP contribution in [-0.2, 0) is 9.53 Å². The molecule has 124 valence electrons. The maximum atomic E-state index is 12.5. The molecule has 1 aliphatic heterocycles. The van der Waals surface area contributed by atoms with Gasteiger partial charge in [-0.25, -0.2) is 9.67 Å². The molecule has 0 aliphatic carbocycles. The van der Waals surface area contributed by atoms with Crippen LogP contribution in [0, 0.1) is 23.2 Å². The zero-order valence-electron chi connectivity index (χ0n) is 13.6.